The van der Waals surface area contributed by atoms with E-state index >= 15 is 0 Å². The lowest BCUT2D eigenvalue weighted by molar-refractivity contribution is 0.617. The molecule has 0 N–H and O–H groups in total. The van der Waals surface area contributed by atoms with Crippen molar-refractivity contribution in [2.75, 3.05) is 0 Å². The summed E-state index contributed by atoms with van der Waals surface area (Å²) in [5.74, 6) is 0.333. The highest BCUT2D eigenvalue weighted by atomic mass is 32.1. The van der Waals surface area contributed by atoms with Gasteiger partial charge in [0.05, 0.1) is 16.4 Å². The molecule has 4 nitrogen and oxygen atoms in total. The highest BCUT2D eigenvalue weighted by Gasteiger charge is 2.15. The lowest BCUT2D eigenvalue weighted by Crippen LogP contribution is -2.12. The van der Waals surface area contributed by atoms with Crippen LogP contribution < -0.4 is 5.56 Å². The van der Waals surface area contributed by atoms with Gasteiger partial charge in [-0.3, -0.25) is 4.79 Å². The van der Waals surface area contributed by atoms with Crippen molar-refractivity contribution in [2.24, 2.45) is 0 Å². The van der Waals surface area contributed by atoms with Crippen LogP contribution >= 0.6 is 11.3 Å². The normalized spacial score (nSPS) is 12.2. The van der Waals surface area contributed by atoms with E-state index in [-0.39, 0.29) is 5.56 Å². The monoisotopic (exact) mass is 342 g/mol. The summed E-state index contributed by atoms with van der Waals surface area (Å²) in [7, 11) is 0. The van der Waals surface area contributed by atoms with Gasteiger partial charge >= 0.3 is 5.84 Å². The summed E-state index contributed by atoms with van der Waals surface area (Å²) in [6, 6.07) is 19.7. The number of benzene rings is 3. The SMILES string of the molecule is O=c1c2cc3c(cc2oc2nc4ccccc4n12)sc1ccccc13. The predicted octanol–water partition coefficient (Wildman–Crippen LogP) is 4.96. The van der Waals surface area contributed by atoms with Crippen molar-refractivity contribution in [3.63, 3.8) is 0 Å². The smallest absolute Gasteiger partial charge is 0.310 e. The Kier molecular flexibility index (Phi) is 2.35. The van der Waals surface area contributed by atoms with Crippen LogP contribution in [0, 0.1) is 0 Å². The predicted molar refractivity (Wildman–Crippen MR) is 102 cm³/mol. The van der Waals surface area contributed by atoms with E-state index in [0.29, 0.717) is 16.8 Å². The molecule has 3 heterocycles. The number of rotatable bonds is 0. The summed E-state index contributed by atoms with van der Waals surface area (Å²) in [6.45, 7) is 0. The maximum Gasteiger partial charge on any atom is 0.310 e. The molecule has 0 saturated carbocycles. The second-order valence-electron chi connectivity index (χ2n) is 6.07. The minimum Gasteiger partial charge on any atom is -0.424 e. The van der Waals surface area contributed by atoms with E-state index in [4.69, 9.17) is 4.42 Å². The van der Waals surface area contributed by atoms with Crippen LogP contribution in [0.15, 0.2) is 69.9 Å². The van der Waals surface area contributed by atoms with Crippen LogP contribution in [0.5, 0.6) is 0 Å². The Bertz CT molecular complexity index is 1520. The Labute approximate surface area is 144 Å². The lowest BCUT2D eigenvalue weighted by Gasteiger charge is -2.00. The van der Waals surface area contributed by atoms with Gasteiger partial charge in [-0.25, -0.2) is 4.40 Å². The van der Waals surface area contributed by atoms with Crippen molar-refractivity contribution < 1.29 is 4.42 Å². The molecule has 0 saturated heterocycles. The zero-order chi connectivity index (χ0) is 16.5. The summed E-state index contributed by atoms with van der Waals surface area (Å²) >= 11 is 1.70. The van der Waals surface area contributed by atoms with Gasteiger partial charge in [-0.1, -0.05) is 30.3 Å². The lowest BCUT2D eigenvalue weighted by atomic mass is 10.1. The molecule has 0 spiro atoms. The Hall–Kier alpha value is -3.18. The molecular weight excluding hydrogens is 332 g/mol. The zero-order valence-electron chi connectivity index (χ0n) is 12.9. The van der Waals surface area contributed by atoms with Crippen LogP contribution in [0.2, 0.25) is 0 Å². The average Bonchev–Trinajstić information content (AvgIpc) is 3.18. The minimum absolute atomic E-state index is 0.0952. The maximum atomic E-state index is 13.1. The van der Waals surface area contributed by atoms with Crippen molar-refractivity contribution in [1.29, 1.82) is 0 Å². The van der Waals surface area contributed by atoms with Gasteiger partial charge < -0.3 is 4.42 Å². The van der Waals surface area contributed by atoms with Crippen LogP contribution in [0.4, 0.5) is 0 Å². The van der Waals surface area contributed by atoms with E-state index in [1.807, 2.05) is 48.5 Å². The van der Waals surface area contributed by atoms with E-state index < -0.39 is 0 Å². The highest BCUT2D eigenvalue weighted by Crippen LogP contribution is 2.35. The van der Waals surface area contributed by atoms with Crippen LogP contribution in [0.1, 0.15) is 0 Å². The largest absolute Gasteiger partial charge is 0.424 e. The molecule has 0 atom stereocenters. The van der Waals surface area contributed by atoms with Gasteiger partial charge in [0.2, 0.25) is 0 Å². The number of imidazole rings is 1. The first-order valence-corrected chi connectivity index (χ1v) is 8.76. The van der Waals surface area contributed by atoms with Crippen LogP contribution in [0.25, 0.3) is 48.0 Å². The van der Waals surface area contributed by atoms with Gasteiger partial charge in [0.1, 0.15) is 5.58 Å². The van der Waals surface area contributed by atoms with E-state index in [2.05, 4.69) is 17.1 Å². The molecule has 25 heavy (non-hydrogen) atoms. The Morgan fingerprint density at radius 3 is 2.68 bits per heavy atom. The van der Waals surface area contributed by atoms with E-state index in [0.717, 1.165) is 21.1 Å². The van der Waals surface area contributed by atoms with Crippen LogP contribution in [0.3, 0.4) is 0 Å². The molecule has 5 heteroatoms. The fraction of sp³-hybridized carbons (Fsp3) is 0. The molecule has 6 aromatic rings. The fourth-order valence-corrected chi connectivity index (χ4v) is 4.61. The molecule has 0 amide bonds. The fourth-order valence-electron chi connectivity index (χ4n) is 3.49. The van der Waals surface area contributed by atoms with Crippen molar-refractivity contribution in [3.8, 4) is 0 Å². The topological polar surface area (TPSA) is 47.5 Å². The molecular formula is C20H10N2O2S. The van der Waals surface area contributed by atoms with Crippen molar-refractivity contribution in [2.45, 2.75) is 0 Å². The minimum atomic E-state index is -0.0952. The molecule has 0 fully saturated rings. The molecule has 0 unspecified atom stereocenters. The maximum absolute atomic E-state index is 13.1. The first-order chi connectivity index (χ1) is 12.3. The summed E-state index contributed by atoms with van der Waals surface area (Å²) in [4.78, 5) is 17.6. The third kappa shape index (κ3) is 1.65. The summed E-state index contributed by atoms with van der Waals surface area (Å²) in [5, 5.41) is 2.83. The first kappa shape index (κ1) is 13.1. The quantitative estimate of drug-likeness (QED) is 0.392. The van der Waals surface area contributed by atoms with E-state index in [9.17, 15) is 4.79 Å². The van der Waals surface area contributed by atoms with Gasteiger partial charge in [0, 0.05) is 20.2 Å². The molecule has 3 aromatic carbocycles. The van der Waals surface area contributed by atoms with Gasteiger partial charge in [-0.2, -0.15) is 4.98 Å². The average molecular weight is 342 g/mol. The van der Waals surface area contributed by atoms with Gasteiger partial charge in [0.15, 0.2) is 0 Å². The molecule has 0 bridgehead atoms. The number of aromatic nitrogens is 2. The second-order valence-corrected chi connectivity index (χ2v) is 7.15. The Morgan fingerprint density at radius 1 is 0.880 bits per heavy atom. The van der Waals surface area contributed by atoms with Crippen molar-refractivity contribution in [1.82, 2.24) is 9.38 Å². The number of fused-ring (bicyclic) bond motifs is 7. The van der Waals surface area contributed by atoms with E-state index in [1.54, 1.807) is 15.7 Å². The van der Waals surface area contributed by atoms with Gasteiger partial charge in [0.25, 0.3) is 5.56 Å². The molecule has 0 radical (unpaired) electrons. The van der Waals surface area contributed by atoms with Gasteiger partial charge in [-0.05, 0) is 30.3 Å². The third-order valence-corrected chi connectivity index (χ3v) is 5.78. The summed E-state index contributed by atoms with van der Waals surface area (Å²) in [6.07, 6.45) is 0. The first-order valence-electron chi connectivity index (χ1n) is 7.95. The van der Waals surface area contributed by atoms with Gasteiger partial charge in [-0.15, -0.1) is 11.3 Å². The number of para-hydroxylation sites is 2. The number of nitrogens with zero attached hydrogens (tertiary/aromatic N) is 2. The van der Waals surface area contributed by atoms with Crippen LogP contribution in [-0.4, -0.2) is 9.38 Å². The standard InChI is InChI=1S/C20H10N2O2S/c23-19-13-9-12-11-5-1-4-8-17(11)25-18(12)10-16(13)24-20-21-14-6-2-3-7-15(14)22(19)20/h1-10H. The molecule has 0 aliphatic rings. The molecule has 0 aliphatic carbocycles. The molecule has 3 aromatic heterocycles. The highest BCUT2D eigenvalue weighted by molar-refractivity contribution is 7.25. The summed E-state index contributed by atoms with van der Waals surface area (Å²) < 4.78 is 9.84. The number of thiophene rings is 1. The Balaban J connectivity index is 1.87. The molecule has 6 rings (SSSR count). The summed E-state index contributed by atoms with van der Waals surface area (Å²) in [5.41, 5.74) is 2.00. The van der Waals surface area contributed by atoms with Crippen molar-refractivity contribution in [3.05, 3.63) is 71.0 Å². The van der Waals surface area contributed by atoms with E-state index in [1.165, 1.54) is 10.1 Å². The number of hydrogen-bond acceptors (Lipinski definition) is 4. The zero-order valence-corrected chi connectivity index (χ0v) is 13.7. The van der Waals surface area contributed by atoms with Crippen LogP contribution in [-0.2, 0) is 0 Å². The second kappa shape index (κ2) is 4.46. The molecule has 118 valence electrons. The van der Waals surface area contributed by atoms with Crippen molar-refractivity contribution >= 4 is 59.4 Å². The Morgan fingerprint density at radius 2 is 1.72 bits per heavy atom. The number of hydrogen-bond donors (Lipinski definition) is 0. The molecule has 0 aliphatic heterocycles. The third-order valence-electron chi connectivity index (χ3n) is 4.64.